The highest BCUT2D eigenvalue weighted by Gasteiger charge is 2.38. The van der Waals surface area contributed by atoms with E-state index in [9.17, 15) is 24.3 Å². The van der Waals surface area contributed by atoms with Gasteiger partial charge in [0, 0.05) is 74.4 Å². The van der Waals surface area contributed by atoms with Gasteiger partial charge in [-0.25, -0.2) is 10.2 Å². The predicted molar refractivity (Wildman–Crippen MR) is 264 cm³/mol. The lowest BCUT2D eigenvalue weighted by molar-refractivity contribution is -0.155. The molecule has 2 aromatic carbocycles. The number of likely N-dealkylation sites (N-methyl/N-ethyl adjacent to an activating group) is 1. The lowest BCUT2D eigenvalue weighted by atomic mass is 9.84. The van der Waals surface area contributed by atoms with Crippen LogP contribution in [-0.2, 0) is 59.3 Å². The Kier molecular flexibility index (Phi) is 18.7. The van der Waals surface area contributed by atoms with Gasteiger partial charge in [0.1, 0.15) is 30.0 Å². The molecule has 65 heavy (non-hydrogen) atoms. The Morgan fingerprint density at radius 1 is 1.08 bits per heavy atom. The van der Waals surface area contributed by atoms with E-state index in [2.05, 4.69) is 53.2 Å². The number of cyclic esters (lactones) is 1. The van der Waals surface area contributed by atoms with E-state index in [4.69, 9.17) is 18.9 Å². The number of rotatable bonds is 9. The Balaban J connectivity index is 0.00000308. The lowest BCUT2D eigenvalue weighted by Gasteiger charge is -2.36. The molecule has 3 aliphatic rings. The van der Waals surface area contributed by atoms with Crippen molar-refractivity contribution in [1.82, 2.24) is 30.2 Å². The Morgan fingerprint density at radius 2 is 1.85 bits per heavy atom. The molecule has 3 amide bonds. The molecule has 0 saturated carbocycles. The number of nitrogens with zero attached hydrogens (tertiary/aromatic N) is 4. The summed E-state index contributed by atoms with van der Waals surface area (Å²) < 4.78 is 25.0. The quantitative estimate of drug-likeness (QED) is 0.165. The van der Waals surface area contributed by atoms with Gasteiger partial charge in [0.15, 0.2) is 0 Å². The number of fused-ring (bicyclic) bond motifs is 6. The number of hydrogen-bond acceptors (Lipinski definition) is 11. The minimum atomic E-state index is -1.15. The van der Waals surface area contributed by atoms with Crippen molar-refractivity contribution in [2.75, 3.05) is 40.5 Å². The van der Waals surface area contributed by atoms with Gasteiger partial charge in [0.25, 0.3) is 5.91 Å². The minimum Gasteiger partial charge on any atom is -0.508 e. The zero-order valence-electron chi connectivity index (χ0n) is 38.4. The number of pyridine rings is 1. The topological polar surface area (TPSA) is 174 Å². The van der Waals surface area contributed by atoms with Gasteiger partial charge in [-0.05, 0) is 90.3 Å². The first-order valence-electron chi connectivity index (χ1n) is 21.6. The van der Waals surface area contributed by atoms with Crippen molar-refractivity contribution in [3.8, 4) is 28.1 Å². The summed E-state index contributed by atoms with van der Waals surface area (Å²) >= 11 is 0. The van der Waals surface area contributed by atoms with Crippen LogP contribution in [0.4, 0.5) is 4.79 Å². The lowest BCUT2D eigenvalue weighted by Crippen LogP contribution is -2.62. The molecule has 15 nitrogen and oxygen atoms in total. The van der Waals surface area contributed by atoms with E-state index >= 15 is 0 Å². The number of aromatic hydroxyl groups is 1. The van der Waals surface area contributed by atoms with Gasteiger partial charge in [0.05, 0.1) is 32.1 Å². The zero-order chi connectivity index (χ0) is 44.3. The van der Waals surface area contributed by atoms with Gasteiger partial charge in [-0.15, -0.1) is 0 Å². The summed E-state index contributed by atoms with van der Waals surface area (Å²) in [5.74, 6) is -1.85. The summed E-state index contributed by atoms with van der Waals surface area (Å²) in [4.78, 5) is 61.8. The molecule has 7 rings (SSSR count). The van der Waals surface area contributed by atoms with Crippen molar-refractivity contribution in [1.29, 1.82) is 0 Å². The van der Waals surface area contributed by atoms with Crippen LogP contribution in [0.15, 0.2) is 54.9 Å². The first kappa shape index (κ1) is 53.2. The van der Waals surface area contributed by atoms with Gasteiger partial charge >= 0.3 is 12.1 Å². The number of ether oxygens (including phenoxy) is 4. The highest BCUT2D eigenvalue weighted by molar-refractivity contribution is 7.59. The average Bonchev–Trinajstić information content (AvgIpc) is 3.87. The summed E-state index contributed by atoms with van der Waals surface area (Å²) in [6, 6.07) is 10.5. The number of aryl methyl sites for hydroxylation is 1. The molecule has 5 heterocycles. The second-order valence-corrected chi connectivity index (χ2v) is 17.9. The summed E-state index contributed by atoms with van der Waals surface area (Å²) in [6.07, 6.45) is 4.66. The SMILES string of the molecule is CCn1c(-c2cnccc2COC)c2c3cc(ccc31)-c1cc(O)cc(c1)C[C@H](NC(=O)[C@H](C(C)C)N(C)C(=O)OC1CCOC1)C(=O)N1CCC[C@H](N1)C(=O)OCC(C)(C)C2.S.S.S. The number of benzene rings is 2. The maximum atomic E-state index is 14.6. The van der Waals surface area contributed by atoms with Crippen LogP contribution in [0.3, 0.4) is 0 Å². The molecule has 1 unspecified atom stereocenters. The van der Waals surface area contributed by atoms with Crippen LogP contribution in [0.5, 0.6) is 5.75 Å². The summed E-state index contributed by atoms with van der Waals surface area (Å²) in [5, 5.41) is 16.6. The minimum absolute atomic E-state index is 0. The molecule has 2 fully saturated rings. The van der Waals surface area contributed by atoms with Crippen LogP contribution < -0.4 is 10.7 Å². The number of nitrogens with one attached hydrogen (secondary N) is 2. The Labute approximate surface area is 402 Å². The van der Waals surface area contributed by atoms with Crippen LogP contribution in [-0.4, -0.2) is 113 Å². The number of esters is 1. The summed E-state index contributed by atoms with van der Waals surface area (Å²) in [5.41, 5.74) is 9.77. The zero-order valence-corrected chi connectivity index (χ0v) is 41.4. The third-order valence-corrected chi connectivity index (χ3v) is 12.1. The van der Waals surface area contributed by atoms with Crippen LogP contribution in [0.25, 0.3) is 33.3 Å². The molecule has 0 radical (unpaired) electrons. The van der Waals surface area contributed by atoms with Gasteiger partial charge in [-0.1, -0.05) is 39.8 Å². The molecular formula is C47H66N6O9S3. The van der Waals surface area contributed by atoms with Crippen molar-refractivity contribution in [2.45, 2.75) is 104 Å². The molecule has 2 saturated heterocycles. The van der Waals surface area contributed by atoms with Gasteiger partial charge in [0.2, 0.25) is 5.91 Å². The molecule has 0 aliphatic carbocycles. The van der Waals surface area contributed by atoms with Crippen molar-refractivity contribution in [3.05, 3.63) is 71.5 Å². The molecule has 356 valence electrons. The molecule has 3 aliphatic heterocycles. The van der Waals surface area contributed by atoms with Crippen LogP contribution in [0.2, 0.25) is 0 Å². The Bertz CT molecular complexity index is 2320. The Hall–Kier alpha value is -4.46. The number of amides is 3. The van der Waals surface area contributed by atoms with Gasteiger partial charge < -0.3 is 33.9 Å². The van der Waals surface area contributed by atoms with E-state index in [1.165, 1.54) is 17.0 Å². The molecule has 2 aromatic heterocycles. The van der Waals surface area contributed by atoms with E-state index in [0.717, 1.165) is 44.4 Å². The van der Waals surface area contributed by atoms with E-state index < -0.39 is 53.5 Å². The fourth-order valence-electron chi connectivity index (χ4n) is 9.06. The van der Waals surface area contributed by atoms with E-state index in [1.54, 1.807) is 25.4 Å². The fourth-order valence-corrected chi connectivity index (χ4v) is 9.06. The number of carbonyl (C=O) groups excluding carboxylic acids is 4. The van der Waals surface area contributed by atoms with Crippen molar-refractivity contribution < 1.29 is 43.2 Å². The number of carbonyl (C=O) groups is 4. The third-order valence-electron chi connectivity index (χ3n) is 12.1. The molecule has 4 aromatic rings. The summed E-state index contributed by atoms with van der Waals surface area (Å²) in [7, 11) is 3.18. The maximum absolute atomic E-state index is 14.6. The number of aromatic nitrogens is 2. The number of hydrazine groups is 1. The molecule has 18 heteroatoms. The second kappa shape index (κ2) is 22.8. The van der Waals surface area contributed by atoms with Crippen LogP contribution >= 0.6 is 40.5 Å². The first-order chi connectivity index (χ1) is 29.7. The summed E-state index contributed by atoms with van der Waals surface area (Å²) in [6.45, 7) is 12.1. The molecule has 0 spiro atoms. The Morgan fingerprint density at radius 3 is 2.54 bits per heavy atom. The van der Waals surface area contributed by atoms with Crippen LogP contribution in [0.1, 0.15) is 70.6 Å². The predicted octanol–water partition coefficient (Wildman–Crippen LogP) is 6.11. The van der Waals surface area contributed by atoms with Crippen molar-refractivity contribution in [3.63, 3.8) is 0 Å². The second-order valence-electron chi connectivity index (χ2n) is 17.9. The van der Waals surface area contributed by atoms with Crippen molar-refractivity contribution in [2.24, 2.45) is 11.3 Å². The monoisotopic (exact) mass is 954 g/mol. The number of methoxy groups -OCH3 is 1. The normalized spacial score (nSPS) is 20.1. The molecule has 6 bridgehead atoms. The molecular weight excluding hydrogens is 889 g/mol. The molecule has 4 atom stereocenters. The number of hydrogen-bond donors (Lipinski definition) is 3. The first-order valence-corrected chi connectivity index (χ1v) is 21.6. The smallest absolute Gasteiger partial charge is 0.410 e. The van der Waals surface area contributed by atoms with Gasteiger partial charge in [-0.2, -0.15) is 40.5 Å². The highest BCUT2D eigenvalue weighted by Crippen LogP contribution is 2.41. The van der Waals surface area contributed by atoms with Crippen molar-refractivity contribution >= 4 is 75.3 Å². The van der Waals surface area contributed by atoms with E-state index in [1.807, 2.05) is 38.2 Å². The van der Waals surface area contributed by atoms with Crippen LogP contribution in [0, 0.1) is 11.3 Å². The fraction of sp³-hybridized carbons (Fsp3) is 0.511. The van der Waals surface area contributed by atoms with E-state index in [-0.39, 0.29) is 71.7 Å². The largest absolute Gasteiger partial charge is 0.508 e. The standard InChI is InChI=1S/C47H60N6O9.3H2S/c1-8-52-40-12-11-30-22-35(40)36(42(52)37-24-48-15-13-31(37)25-59-7)23-47(4,5)27-61-45(57)38-10-9-16-53(50-38)44(56)39(20-29-18-32(30)21-33(54)19-29)49-43(55)41(28(2)3)51(6)46(58)62-34-14-17-60-26-34;;;/h11-13,15,18-19,21-22,24,28,34,38-39,41,50,54H,8-10,14,16-17,20,23,25-27H2,1-7H3,(H,49,55);3*1H2/t34?,38-,39-,41-;;;/m0.../s1. The highest BCUT2D eigenvalue weighted by atomic mass is 32.1. The van der Waals surface area contributed by atoms with E-state index in [0.29, 0.717) is 57.6 Å². The number of phenols is 1. The van der Waals surface area contributed by atoms with Gasteiger partial charge in [-0.3, -0.25) is 29.3 Å². The molecule has 3 N–H and O–H groups in total. The average molecular weight is 955 g/mol. The maximum Gasteiger partial charge on any atom is 0.410 e. The number of phenolic OH excluding ortho intramolecular Hbond substituents is 1. The third kappa shape index (κ3) is 11.9.